The van der Waals surface area contributed by atoms with Gasteiger partial charge in [0, 0.05) is 17.1 Å². The molecule has 0 spiro atoms. The molecule has 0 fully saturated rings. The van der Waals surface area contributed by atoms with Crippen LogP contribution >= 0.6 is 11.8 Å². The molecule has 0 aliphatic heterocycles. The van der Waals surface area contributed by atoms with Crippen LogP contribution in [0.5, 0.6) is 0 Å². The van der Waals surface area contributed by atoms with Crippen LogP contribution in [0.2, 0.25) is 0 Å². The highest BCUT2D eigenvalue weighted by Gasteiger charge is 1.98. The Labute approximate surface area is 88.3 Å². The molecular formula is C11H14O2S. The Bertz CT molecular complexity index is 293. The number of hydrogen-bond acceptors (Lipinski definition) is 3. The predicted octanol–water partition coefficient (Wildman–Crippen LogP) is 1.90. The Morgan fingerprint density at radius 3 is 2.50 bits per heavy atom. The van der Waals surface area contributed by atoms with Crippen LogP contribution in [0.3, 0.4) is 0 Å². The van der Waals surface area contributed by atoms with E-state index in [1.54, 1.807) is 18.7 Å². The van der Waals surface area contributed by atoms with Gasteiger partial charge in [-0.15, -0.1) is 11.8 Å². The van der Waals surface area contributed by atoms with Gasteiger partial charge in [0.25, 0.3) is 0 Å². The Hall–Kier alpha value is -0.800. The smallest absolute Gasteiger partial charge is 0.134 e. The third-order valence-corrected chi connectivity index (χ3v) is 2.73. The predicted molar refractivity (Wildman–Crippen MR) is 58.6 cm³/mol. The zero-order valence-corrected chi connectivity index (χ0v) is 9.01. The number of aliphatic hydroxyl groups is 1. The highest BCUT2D eigenvalue weighted by atomic mass is 32.2. The van der Waals surface area contributed by atoms with E-state index in [-0.39, 0.29) is 12.4 Å². The number of carbonyl (C=O) groups excluding carboxylic acids is 1. The topological polar surface area (TPSA) is 37.3 Å². The van der Waals surface area contributed by atoms with E-state index >= 15 is 0 Å². The molecule has 0 amide bonds. The lowest BCUT2D eigenvalue weighted by Gasteiger charge is -2.01. The maximum Gasteiger partial charge on any atom is 0.134 e. The molecule has 3 heteroatoms. The largest absolute Gasteiger partial charge is 0.396 e. The van der Waals surface area contributed by atoms with Crippen LogP contribution in [0.1, 0.15) is 12.5 Å². The van der Waals surface area contributed by atoms with Gasteiger partial charge in [-0.1, -0.05) is 12.1 Å². The highest BCUT2D eigenvalue weighted by Crippen LogP contribution is 2.17. The van der Waals surface area contributed by atoms with Crippen molar-refractivity contribution >= 4 is 17.5 Å². The maximum atomic E-state index is 10.8. The van der Waals surface area contributed by atoms with Gasteiger partial charge in [-0.3, -0.25) is 4.79 Å². The third-order valence-electron chi connectivity index (χ3n) is 1.74. The summed E-state index contributed by atoms with van der Waals surface area (Å²) in [5.74, 6) is 0.896. The van der Waals surface area contributed by atoms with Crippen LogP contribution in [-0.2, 0) is 11.2 Å². The molecule has 1 aromatic rings. The van der Waals surface area contributed by atoms with Crippen molar-refractivity contribution in [1.82, 2.24) is 0 Å². The molecule has 2 nitrogen and oxygen atoms in total. The second-order valence-corrected chi connectivity index (χ2v) is 4.26. The number of ketones is 1. The summed E-state index contributed by atoms with van der Waals surface area (Å²) in [5.41, 5.74) is 1.05. The van der Waals surface area contributed by atoms with Crippen molar-refractivity contribution in [2.75, 3.05) is 12.4 Å². The quantitative estimate of drug-likeness (QED) is 0.754. The van der Waals surface area contributed by atoms with Crippen molar-refractivity contribution in [3.05, 3.63) is 29.8 Å². The molecule has 14 heavy (non-hydrogen) atoms. The summed E-state index contributed by atoms with van der Waals surface area (Å²) in [4.78, 5) is 12.0. The van der Waals surface area contributed by atoms with Crippen LogP contribution in [0.15, 0.2) is 29.2 Å². The fourth-order valence-corrected chi connectivity index (χ4v) is 1.81. The third kappa shape index (κ3) is 3.94. The van der Waals surface area contributed by atoms with Gasteiger partial charge in [0.2, 0.25) is 0 Å². The lowest BCUT2D eigenvalue weighted by molar-refractivity contribution is -0.116. The average molecular weight is 210 g/mol. The molecule has 0 heterocycles. The SMILES string of the molecule is CC(=O)Cc1ccc(SCCO)cc1. The molecule has 76 valence electrons. The number of carbonyl (C=O) groups is 1. The van der Waals surface area contributed by atoms with Gasteiger partial charge < -0.3 is 5.11 Å². The maximum absolute atomic E-state index is 10.8. The Morgan fingerprint density at radius 1 is 1.36 bits per heavy atom. The van der Waals surface area contributed by atoms with Crippen LogP contribution in [0, 0.1) is 0 Å². The monoisotopic (exact) mass is 210 g/mol. The lowest BCUT2D eigenvalue weighted by Crippen LogP contribution is -1.95. The van der Waals surface area contributed by atoms with Crippen LogP contribution in [-0.4, -0.2) is 23.2 Å². The summed E-state index contributed by atoms with van der Waals surface area (Å²) in [6.07, 6.45) is 0.505. The standard InChI is InChI=1S/C11H14O2S/c1-9(13)8-10-2-4-11(5-3-10)14-7-6-12/h2-5,12H,6-8H2,1H3. The van der Waals surface area contributed by atoms with Crippen molar-refractivity contribution in [2.24, 2.45) is 0 Å². The molecule has 1 aromatic carbocycles. The van der Waals surface area contributed by atoms with Gasteiger partial charge in [-0.2, -0.15) is 0 Å². The first-order valence-electron chi connectivity index (χ1n) is 4.54. The van der Waals surface area contributed by atoms with E-state index in [2.05, 4.69) is 0 Å². The lowest BCUT2D eigenvalue weighted by atomic mass is 10.1. The summed E-state index contributed by atoms with van der Waals surface area (Å²) >= 11 is 1.61. The molecule has 0 aliphatic rings. The zero-order chi connectivity index (χ0) is 10.4. The Morgan fingerprint density at radius 2 is 2.00 bits per heavy atom. The van der Waals surface area contributed by atoms with E-state index < -0.39 is 0 Å². The van der Waals surface area contributed by atoms with E-state index in [1.807, 2.05) is 24.3 Å². The van der Waals surface area contributed by atoms with Gasteiger partial charge in [-0.05, 0) is 24.6 Å². The first-order chi connectivity index (χ1) is 6.72. The van der Waals surface area contributed by atoms with Gasteiger partial charge in [0.05, 0.1) is 6.61 Å². The first-order valence-corrected chi connectivity index (χ1v) is 5.53. The second kappa shape index (κ2) is 5.83. The molecule has 0 saturated carbocycles. The van der Waals surface area contributed by atoms with Crippen LogP contribution in [0.4, 0.5) is 0 Å². The van der Waals surface area contributed by atoms with E-state index in [0.717, 1.165) is 10.5 Å². The van der Waals surface area contributed by atoms with Gasteiger partial charge in [0.1, 0.15) is 5.78 Å². The number of Topliss-reactive ketones (excluding diaryl/α,β-unsaturated/α-hetero) is 1. The minimum Gasteiger partial charge on any atom is -0.396 e. The zero-order valence-electron chi connectivity index (χ0n) is 8.19. The van der Waals surface area contributed by atoms with Gasteiger partial charge in [0.15, 0.2) is 0 Å². The van der Waals surface area contributed by atoms with Gasteiger partial charge >= 0.3 is 0 Å². The minimum absolute atomic E-state index is 0.181. The van der Waals surface area contributed by atoms with Crippen molar-refractivity contribution in [3.8, 4) is 0 Å². The molecule has 0 bridgehead atoms. The van der Waals surface area contributed by atoms with Crippen LogP contribution < -0.4 is 0 Å². The molecule has 0 aliphatic carbocycles. The Kier molecular flexibility index (Phi) is 4.70. The van der Waals surface area contributed by atoms with E-state index in [9.17, 15) is 4.79 Å². The number of aliphatic hydroxyl groups excluding tert-OH is 1. The van der Waals surface area contributed by atoms with E-state index in [4.69, 9.17) is 5.11 Å². The molecule has 0 unspecified atom stereocenters. The molecule has 1 N–H and O–H groups in total. The first kappa shape index (κ1) is 11.3. The summed E-state index contributed by atoms with van der Waals surface area (Å²) in [6.45, 7) is 1.79. The number of rotatable bonds is 5. The number of thioether (sulfide) groups is 1. The summed E-state index contributed by atoms with van der Waals surface area (Å²) in [7, 11) is 0. The van der Waals surface area contributed by atoms with Crippen molar-refractivity contribution < 1.29 is 9.90 Å². The Balaban J connectivity index is 2.54. The molecule has 0 saturated heterocycles. The number of hydrogen-bond donors (Lipinski definition) is 1. The molecular weight excluding hydrogens is 196 g/mol. The minimum atomic E-state index is 0.181. The highest BCUT2D eigenvalue weighted by molar-refractivity contribution is 7.99. The molecule has 0 aromatic heterocycles. The summed E-state index contributed by atoms with van der Waals surface area (Å²) < 4.78 is 0. The van der Waals surface area contributed by atoms with Crippen LogP contribution in [0.25, 0.3) is 0 Å². The summed E-state index contributed by atoms with van der Waals surface area (Å²) in [6, 6.07) is 7.89. The van der Waals surface area contributed by atoms with Gasteiger partial charge in [-0.25, -0.2) is 0 Å². The van der Waals surface area contributed by atoms with E-state index in [0.29, 0.717) is 12.2 Å². The second-order valence-electron chi connectivity index (χ2n) is 3.09. The fraction of sp³-hybridized carbons (Fsp3) is 0.364. The average Bonchev–Trinajstić information content (AvgIpc) is 2.16. The molecule has 1 rings (SSSR count). The fourth-order valence-electron chi connectivity index (χ4n) is 1.15. The molecule has 0 atom stereocenters. The van der Waals surface area contributed by atoms with E-state index in [1.165, 1.54) is 0 Å². The summed E-state index contributed by atoms with van der Waals surface area (Å²) in [5, 5.41) is 8.64. The normalized spacial score (nSPS) is 10.1. The van der Waals surface area contributed by atoms with Crippen molar-refractivity contribution in [2.45, 2.75) is 18.2 Å². The van der Waals surface area contributed by atoms with Crippen molar-refractivity contribution in [3.63, 3.8) is 0 Å². The van der Waals surface area contributed by atoms with Crippen molar-refractivity contribution in [1.29, 1.82) is 0 Å². The molecule has 0 radical (unpaired) electrons. The number of benzene rings is 1.